The van der Waals surface area contributed by atoms with E-state index >= 15 is 0 Å². The number of anilines is 1. The standard InChI is InChI=1S/C30H28F5N3O6/c1-17-27(19-4-3-5-20(13-19)44-30(33,34)35)43-28(41)38(17)14-23-21(8-10-25(36-23)37-15-29(31,32)16-37)22-12-18(7-11-26(39)40)6-9-24(22)42-2/h3-6,8-10,12-13,17,27H,7,11,14-16H2,1-2H3,(H,39,40)/t17-,27-/m0/s1. The molecule has 2 aliphatic heterocycles. The number of cyclic esters (lactones) is 1. The number of benzene rings is 2. The van der Waals surface area contributed by atoms with Crippen molar-refractivity contribution in [1.82, 2.24) is 9.88 Å². The number of hydrogen-bond acceptors (Lipinski definition) is 7. The van der Waals surface area contributed by atoms with E-state index in [9.17, 15) is 31.5 Å². The Balaban J connectivity index is 1.49. The van der Waals surface area contributed by atoms with Gasteiger partial charge in [-0.3, -0.25) is 9.69 Å². The number of carbonyl (C=O) groups is 2. The lowest BCUT2D eigenvalue weighted by atomic mass is 9.97. The molecule has 3 aromatic rings. The number of aromatic nitrogens is 1. The molecule has 3 heterocycles. The van der Waals surface area contributed by atoms with Gasteiger partial charge in [0, 0.05) is 17.5 Å². The van der Waals surface area contributed by atoms with E-state index in [0.717, 1.165) is 12.1 Å². The van der Waals surface area contributed by atoms with Crippen molar-refractivity contribution in [2.45, 2.75) is 50.7 Å². The zero-order chi connectivity index (χ0) is 31.8. The summed E-state index contributed by atoms with van der Waals surface area (Å²) in [4.78, 5) is 31.7. The van der Waals surface area contributed by atoms with E-state index in [4.69, 9.17) is 14.6 Å². The predicted molar refractivity (Wildman–Crippen MR) is 147 cm³/mol. The van der Waals surface area contributed by atoms with Gasteiger partial charge in [-0.25, -0.2) is 18.6 Å². The Bertz CT molecular complexity index is 1560. The van der Waals surface area contributed by atoms with Crippen LogP contribution in [0.5, 0.6) is 11.5 Å². The van der Waals surface area contributed by atoms with E-state index < -0.39 is 55.3 Å². The number of alkyl halides is 5. The Morgan fingerprint density at radius 2 is 1.86 bits per heavy atom. The monoisotopic (exact) mass is 621 g/mol. The number of carboxylic acids is 1. The molecule has 0 bridgehead atoms. The first-order chi connectivity index (χ1) is 20.7. The summed E-state index contributed by atoms with van der Waals surface area (Å²) in [5, 5.41) is 9.13. The van der Waals surface area contributed by atoms with E-state index in [-0.39, 0.29) is 30.8 Å². The third-order valence-electron chi connectivity index (χ3n) is 7.44. The highest BCUT2D eigenvalue weighted by Gasteiger charge is 2.45. The predicted octanol–water partition coefficient (Wildman–Crippen LogP) is 6.21. The Kier molecular flexibility index (Phi) is 8.28. The molecule has 9 nitrogen and oxygen atoms in total. The van der Waals surface area contributed by atoms with Gasteiger partial charge in [0.1, 0.15) is 23.4 Å². The van der Waals surface area contributed by atoms with Gasteiger partial charge in [0.15, 0.2) is 0 Å². The van der Waals surface area contributed by atoms with Gasteiger partial charge in [-0.15, -0.1) is 13.2 Å². The number of rotatable bonds is 10. The average molecular weight is 622 g/mol. The van der Waals surface area contributed by atoms with Crippen molar-refractivity contribution in [1.29, 1.82) is 0 Å². The van der Waals surface area contributed by atoms with Crippen LogP contribution >= 0.6 is 0 Å². The zero-order valence-electron chi connectivity index (χ0n) is 23.6. The Hall–Kier alpha value is -4.62. The highest BCUT2D eigenvalue weighted by molar-refractivity contribution is 5.76. The van der Waals surface area contributed by atoms with Crippen LogP contribution in [-0.4, -0.2) is 65.6 Å². The topological polar surface area (TPSA) is 101 Å². The average Bonchev–Trinajstić information content (AvgIpc) is 3.22. The Morgan fingerprint density at radius 3 is 2.52 bits per heavy atom. The zero-order valence-corrected chi connectivity index (χ0v) is 23.6. The van der Waals surface area contributed by atoms with Gasteiger partial charge in [0.2, 0.25) is 0 Å². The third kappa shape index (κ3) is 6.79. The molecule has 14 heteroatoms. The van der Waals surface area contributed by atoms with E-state index in [2.05, 4.69) is 9.72 Å². The molecule has 0 aliphatic carbocycles. The quantitative estimate of drug-likeness (QED) is 0.267. The van der Waals surface area contributed by atoms with Gasteiger partial charge < -0.3 is 24.2 Å². The molecule has 1 aromatic heterocycles. The molecule has 44 heavy (non-hydrogen) atoms. The number of aliphatic carboxylic acids is 1. The number of carbonyl (C=O) groups excluding carboxylic acids is 1. The van der Waals surface area contributed by atoms with Crippen molar-refractivity contribution >= 4 is 17.9 Å². The van der Waals surface area contributed by atoms with Crippen molar-refractivity contribution in [3.05, 3.63) is 71.4 Å². The lowest BCUT2D eigenvalue weighted by Crippen LogP contribution is -2.56. The molecule has 5 rings (SSSR count). The van der Waals surface area contributed by atoms with Crippen molar-refractivity contribution in [3.8, 4) is 22.6 Å². The maximum absolute atomic E-state index is 13.7. The molecular weight excluding hydrogens is 593 g/mol. The second-order valence-corrected chi connectivity index (χ2v) is 10.6. The second-order valence-electron chi connectivity index (χ2n) is 10.6. The van der Waals surface area contributed by atoms with Gasteiger partial charge in [0.25, 0.3) is 5.92 Å². The molecule has 2 atom stereocenters. The lowest BCUT2D eigenvalue weighted by Gasteiger charge is -2.39. The van der Waals surface area contributed by atoms with Crippen LogP contribution in [0, 0.1) is 0 Å². The van der Waals surface area contributed by atoms with Gasteiger partial charge in [-0.05, 0) is 60.9 Å². The number of hydrogen-bond donors (Lipinski definition) is 1. The summed E-state index contributed by atoms with van der Waals surface area (Å²) in [6.45, 7) is 0.491. The van der Waals surface area contributed by atoms with Gasteiger partial charge in [-0.2, -0.15) is 0 Å². The normalized spacial score (nSPS) is 19.4. The van der Waals surface area contributed by atoms with Crippen LogP contribution in [0.2, 0.25) is 0 Å². The summed E-state index contributed by atoms with van der Waals surface area (Å²) in [5.41, 5.74) is 2.37. The van der Waals surface area contributed by atoms with Crippen LogP contribution in [-0.2, 0) is 22.5 Å². The summed E-state index contributed by atoms with van der Waals surface area (Å²) in [6, 6.07) is 12.9. The van der Waals surface area contributed by atoms with E-state index in [0.29, 0.717) is 28.1 Å². The number of ether oxygens (including phenoxy) is 3. The van der Waals surface area contributed by atoms with Crippen LogP contribution in [0.3, 0.4) is 0 Å². The van der Waals surface area contributed by atoms with E-state index in [1.54, 1.807) is 37.3 Å². The van der Waals surface area contributed by atoms with Crippen LogP contribution in [0.4, 0.5) is 32.6 Å². The first-order valence-corrected chi connectivity index (χ1v) is 13.6. The third-order valence-corrected chi connectivity index (χ3v) is 7.44. The highest BCUT2D eigenvalue weighted by atomic mass is 19.4. The van der Waals surface area contributed by atoms with Crippen molar-refractivity contribution < 1.29 is 50.9 Å². The molecule has 1 N–H and O–H groups in total. The minimum Gasteiger partial charge on any atom is -0.496 e. The summed E-state index contributed by atoms with van der Waals surface area (Å²) >= 11 is 0. The molecule has 0 unspecified atom stereocenters. The highest BCUT2D eigenvalue weighted by Crippen LogP contribution is 2.40. The number of carboxylic acid groups (broad SMARTS) is 1. The minimum absolute atomic E-state index is 0.104. The van der Waals surface area contributed by atoms with Crippen molar-refractivity contribution in [3.63, 3.8) is 0 Å². The molecule has 1 amide bonds. The maximum atomic E-state index is 13.7. The van der Waals surface area contributed by atoms with Crippen LogP contribution in [0.15, 0.2) is 54.6 Å². The number of nitrogens with zero attached hydrogens (tertiary/aromatic N) is 3. The molecule has 0 radical (unpaired) electrons. The second kappa shape index (κ2) is 11.8. The first kappa shape index (κ1) is 30.8. The minimum atomic E-state index is -4.90. The summed E-state index contributed by atoms with van der Waals surface area (Å²) in [6.07, 6.45) is -6.45. The Morgan fingerprint density at radius 1 is 1.11 bits per heavy atom. The first-order valence-electron chi connectivity index (χ1n) is 13.6. The molecule has 2 saturated heterocycles. The van der Waals surface area contributed by atoms with Gasteiger partial charge in [0.05, 0.1) is 38.5 Å². The fraction of sp³-hybridized carbons (Fsp3) is 0.367. The summed E-state index contributed by atoms with van der Waals surface area (Å²) in [5.74, 6) is -3.58. The number of methoxy groups -OCH3 is 1. The van der Waals surface area contributed by atoms with Crippen molar-refractivity contribution in [2.75, 3.05) is 25.1 Å². The molecule has 234 valence electrons. The SMILES string of the molecule is COc1ccc(CCC(=O)O)cc1-c1ccc(N2CC(F)(F)C2)nc1CN1C(=O)O[C@H](c2cccc(OC(F)(F)F)c2)[C@@H]1C. The van der Waals surface area contributed by atoms with Crippen LogP contribution in [0.1, 0.15) is 36.3 Å². The molecule has 2 aromatic carbocycles. The molecule has 2 aliphatic rings. The molecule has 0 saturated carbocycles. The van der Waals surface area contributed by atoms with Crippen molar-refractivity contribution in [2.24, 2.45) is 0 Å². The maximum Gasteiger partial charge on any atom is 0.573 e. The van der Waals surface area contributed by atoms with Crippen LogP contribution < -0.4 is 14.4 Å². The van der Waals surface area contributed by atoms with E-state index in [1.165, 1.54) is 29.0 Å². The Labute approximate surface area is 248 Å². The molecule has 2 fully saturated rings. The smallest absolute Gasteiger partial charge is 0.496 e. The fourth-order valence-corrected chi connectivity index (χ4v) is 5.29. The van der Waals surface area contributed by atoms with Gasteiger partial charge >= 0.3 is 18.4 Å². The number of halogens is 5. The van der Waals surface area contributed by atoms with E-state index in [1.807, 2.05) is 0 Å². The number of pyridine rings is 1. The lowest BCUT2D eigenvalue weighted by molar-refractivity contribution is -0.274. The summed E-state index contributed by atoms with van der Waals surface area (Å²) < 4.78 is 80.8. The van der Waals surface area contributed by atoms with Crippen LogP contribution in [0.25, 0.3) is 11.1 Å². The largest absolute Gasteiger partial charge is 0.573 e. The fourth-order valence-electron chi connectivity index (χ4n) is 5.29. The molecular formula is C30H28F5N3O6. The summed E-state index contributed by atoms with van der Waals surface area (Å²) in [7, 11) is 1.46. The molecule has 0 spiro atoms. The van der Waals surface area contributed by atoms with Gasteiger partial charge in [-0.1, -0.05) is 18.2 Å². The number of amides is 1. The number of aryl methyl sites for hydroxylation is 1.